The Balaban J connectivity index is 3.06. The van der Waals surface area contributed by atoms with Gasteiger partial charge in [-0.3, -0.25) is 10.1 Å². The largest absolute Gasteiger partial charge is 0.392 e. The van der Waals surface area contributed by atoms with Crippen LogP contribution in [0, 0.1) is 15.9 Å². The van der Waals surface area contributed by atoms with Crippen molar-refractivity contribution >= 4 is 15.7 Å². The zero-order chi connectivity index (χ0) is 13.9. The van der Waals surface area contributed by atoms with Crippen molar-refractivity contribution in [2.75, 3.05) is 6.54 Å². The van der Waals surface area contributed by atoms with Gasteiger partial charge in [0.2, 0.25) is 10.0 Å². The second-order valence-corrected chi connectivity index (χ2v) is 5.31. The second kappa shape index (κ2) is 5.38. The standard InChI is InChI=1S/C9H11FN2O5S/c1-6(13)5-11-18(16,17)9-3-2-7(12(14)15)4-8(9)10/h2-4,6,11,13H,5H2,1H3/t6-/m1/s1. The van der Waals surface area contributed by atoms with Gasteiger partial charge in [0.05, 0.1) is 17.1 Å². The van der Waals surface area contributed by atoms with E-state index in [1.807, 2.05) is 4.72 Å². The number of aliphatic hydroxyl groups excluding tert-OH is 1. The smallest absolute Gasteiger partial charge is 0.272 e. The van der Waals surface area contributed by atoms with Gasteiger partial charge in [0.25, 0.3) is 5.69 Å². The fraction of sp³-hybridized carbons (Fsp3) is 0.333. The van der Waals surface area contributed by atoms with Crippen molar-refractivity contribution < 1.29 is 22.8 Å². The minimum absolute atomic E-state index is 0.279. The molecule has 100 valence electrons. The highest BCUT2D eigenvalue weighted by Crippen LogP contribution is 2.20. The van der Waals surface area contributed by atoms with Crippen LogP contribution in [0.5, 0.6) is 0 Å². The molecular formula is C9H11FN2O5S. The lowest BCUT2D eigenvalue weighted by atomic mass is 10.3. The Bertz CT molecular complexity index is 558. The Morgan fingerprint density at radius 3 is 2.61 bits per heavy atom. The summed E-state index contributed by atoms with van der Waals surface area (Å²) < 4.78 is 38.6. The molecule has 0 aromatic heterocycles. The van der Waals surface area contributed by atoms with E-state index < -0.39 is 37.5 Å². The number of rotatable bonds is 5. The van der Waals surface area contributed by atoms with E-state index in [9.17, 15) is 22.9 Å². The highest BCUT2D eigenvalue weighted by molar-refractivity contribution is 7.89. The first kappa shape index (κ1) is 14.5. The average molecular weight is 278 g/mol. The number of nitro groups is 1. The summed E-state index contributed by atoms with van der Waals surface area (Å²) in [5, 5.41) is 19.3. The molecule has 7 nitrogen and oxygen atoms in total. The Kier molecular flexibility index (Phi) is 4.33. The summed E-state index contributed by atoms with van der Waals surface area (Å²) >= 11 is 0. The van der Waals surface area contributed by atoms with Gasteiger partial charge in [-0.15, -0.1) is 0 Å². The van der Waals surface area contributed by atoms with Gasteiger partial charge in [0.15, 0.2) is 0 Å². The third-order valence-corrected chi connectivity index (χ3v) is 3.44. The summed E-state index contributed by atoms with van der Waals surface area (Å²) in [5.41, 5.74) is -0.540. The lowest BCUT2D eigenvalue weighted by Gasteiger charge is -2.08. The van der Waals surface area contributed by atoms with Crippen molar-refractivity contribution in [2.45, 2.75) is 17.9 Å². The average Bonchev–Trinajstić information content (AvgIpc) is 2.26. The third kappa shape index (κ3) is 3.45. The topological polar surface area (TPSA) is 110 Å². The molecule has 0 amide bonds. The highest BCUT2D eigenvalue weighted by atomic mass is 32.2. The molecule has 0 saturated carbocycles. The minimum atomic E-state index is -4.14. The zero-order valence-corrected chi connectivity index (χ0v) is 10.1. The second-order valence-electron chi connectivity index (χ2n) is 3.57. The van der Waals surface area contributed by atoms with Crippen LogP contribution in [0.3, 0.4) is 0 Å². The summed E-state index contributed by atoms with van der Waals surface area (Å²) in [6, 6.07) is 2.22. The maximum absolute atomic E-state index is 13.4. The molecule has 0 radical (unpaired) electrons. The van der Waals surface area contributed by atoms with Crippen LogP contribution >= 0.6 is 0 Å². The molecule has 9 heteroatoms. The van der Waals surface area contributed by atoms with Gasteiger partial charge in [-0.25, -0.2) is 17.5 Å². The lowest BCUT2D eigenvalue weighted by molar-refractivity contribution is -0.385. The molecule has 1 aromatic carbocycles. The Morgan fingerprint density at radius 1 is 1.56 bits per heavy atom. The van der Waals surface area contributed by atoms with E-state index in [-0.39, 0.29) is 6.54 Å². The number of benzene rings is 1. The van der Waals surface area contributed by atoms with Gasteiger partial charge in [-0.2, -0.15) is 0 Å². The molecule has 18 heavy (non-hydrogen) atoms. The van der Waals surface area contributed by atoms with Crippen LogP contribution in [-0.4, -0.2) is 31.1 Å². The zero-order valence-electron chi connectivity index (χ0n) is 9.33. The molecule has 1 aromatic rings. The van der Waals surface area contributed by atoms with E-state index >= 15 is 0 Å². The van der Waals surface area contributed by atoms with Crippen molar-refractivity contribution in [3.05, 3.63) is 34.1 Å². The molecule has 1 atom stereocenters. The first-order valence-corrected chi connectivity index (χ1v) is 6.34. The molecule has 0 fully saturated rings. The molecule has 0 aliphatic carbocycles. The molecule has 0 saturated heterocycles. The van der Waals surface area contributed by atoms with Crippen molar-refractivity contribution in [3.63, 3.8) is 0 Å². The van der Waals surface area contributed by atoms with Crippen molar-refractivity contribution in [1.82, 2.24) is 4.72 Å². The molecular weight excluding hydrogens is 267 g/mol. The first-order valence-electron chi connectivity index (χ1n) is 4.85. The fourth-order valence-electron chi connectivity index (χ4n) is 1.13. The van der Waals surface area contributed by atoms with Crippen LogP contribution in [0.4, 0.5) is 10.1 Å². The van der Waals surface area contributed by atoms with Crippen LogP contribution in [0.25, 0.3) is 0 Å². The number of nitrogens with one attached hydrogen (secondary N) is 1. The summed E-state index contributed by atoms with van der Waals surface area (Å²) in [5.74, 6) is -1.22. The van der Waals surface area contributed by atoms with Gasteiger partial charge in [0.1, 0.15) is 10.7 Å². The normalized spacial score (nSPS) is 13.3. The van der Waals surface area contributed by atoms with Gasteiger partial charge in [-0.1, -0.05) is 0 Å². The Morgan fingerprint density at radius 2 is 2.17 bits per heavy atom. The molecule has 0 heterocycles. The summed E-state index contributed by atoms with van der Waals surface area (Å²) in [6.45, 7) is 1.08. The van der Waals surface area contributed by atoms with Gasteiger partial charge in [-0.05, 0) is 13.0 Å². The van der Waals surface area contributed by atoms with E-state index in [4.69, 9.17) is 5.11 Å². The first-order chi connectivity index (χ1) is 8.24. The SMILES string of the molecule is C[C@@H](O)CNS(=O)(=O)c1ccc([N+](=O)[O-])cc1F. The van der Waals surface area contributed by atoms with E-state index in [0.29, 0.717) is 6.07 Å². The maximum atomic E-state index is 13.4. The predicted molar refractivity (Wildman–Crippen MR) is 59.9 cm³/mol. The maximum Gasteiger partial charge on any atom is 0.272 e. The van der Waals surface area contributed by atoms with Crippen molar-refractivity contribution in [3.8, 4) is 0 Å². The van der Waals surface area contributed by atoms with Crippen LogP contribution in [0.15, 0.2) is 23.1 Å². The molecule has 0 bridgehead atoms. The number of halogens is 1. The molecule has 0 aliphatic heterocycles. The summed E-state index contributed by atoms with van der Waals surface area (Å²) in [4.78, 5) is 8.84. The van der Waals surface area contributed by atoms with E-state index in [0.717, 1.165) is 12.1 Å². The van der Waals surface area contributed by atoms with Crippen LogP contribution in [0.2, 0.25) is 0 Å². The van der Waals surface area contributed by atoms with E-state index in [1.165, 1.54) is 6.92 Å². The van der Waals surface area contributed by atoms with Crippen molar-refractivity contribution in [2.24, 2.45) is 0 Å². The van der Waals surface area contributed by atoms with Gasteiger partial charge in [0, 0.05) is 12.6 Å². The van der Waals surface area contributed by atoms with Crippen LogP contribution < -0.4 is 4.72 Å². The lowest BCUT2D eigenvalue weighted by Crippen LogP contribution is -2.31. The molecule has 2 N–H and O–H groups in total. The summed E-state index contributed by atoms with van der Waals surface area (Å²) in [6.07, 6.45) is -0.930. The van der Waals surface area contributed by atoms with E-state index in [2.05, 4.69) is 0 Å². The molecule has 0 spiro atoms. The van der Waals surface area contributed by atoms with E-state index in [1.54, 1.807) is 0 Å². The molecule has 0 unspecified atom stereocenters. The number of aliphatic hydroxyl groups is 1. The fourth-order valence-corrected chi connectivity index (χ4v) is 2.31. The molecule has 0 aliphatic rings. The number of nitro benzene ring substituents is 1. The predicted octanol–water partition coefficient (Wildman–Crippen LogP) is 0.393. The van der Waals surface area contributed by atoms with Crippen LogP contribution in [0.1, 0.15) is 6.92 Å². The Hall–Kier alpha value is -1.58. The number of hydrogen-bond donors (Lipinski definition) is 2. The summed E-state index contributed by atoms with van der Waals surface area (Å²) in [7, 11) is -4.14. The number of sulfonamides is 1. The van der Waals surface area contributed by atoms with Gasteiger partial charge >= 0.3 is 0 Å². The number of hydrogen-bond acceptors (Lipinski definition) is 5. The number of nitrogens with zero attached hydrogens (tertiary/aromatic N) is 1. The quantitative estimate of drug-likeness (QED) is 0.598. The third-order valence-electron chi connectivity index (χ3n) is 1.98. The van der Waals surface area contributed by atoms with Crippen LogP contribution in [-0.2, 0) is 10.0 Å². The van der Waals surface area contributed by atoms with Crippen molar-refractivity contribution in [1.29, 1.82) is 0 Å². The molecule has 1 rings (SSSR count). The monoisotopic (exact) mass is 278 g/mol. The Labute approximate surface area is 102 Å². The number of non-ortho nitro benzene ring substituents is 1. The van der Waals surface area contributed by atoms with Gasteiger partial charge < -0.3 is 5.11 Å². The highest BCUT2D eigenvalue weighted by Gasteiger charge is 2.21. The minimum Gasteiger partial charge on any atom is -0.392 e.